The van der Waals surface area contributed by atoms with Gasteiger partial charge >= 0.3 is 6.18 Å². The molecule has 0 aliphatic carbocycles. The molecule has 1 aliphatic rings. The third kappa shape index (κ3) is 6.91. The van der Waals surface area contributed by atoms with Crippen LogP contribution in [0.3, 0.4) is 0 Å². The SMILES string of the molecule is C[C@H]1C[C@@H](C(=O)Nc2ccc(C(=O)NCC(F)(F)F)cc2)CCN1.Cl. The molecule has 0 unspecified atom stereocenters. The second-order valence-electron chi connectivity index (χ2n) is 5.94. The minimum absolute atomic E-state index is 0. The average molecular weight is 380 g/mol. The van der Waals surface area contributed by atoms with E-state index in [4.69, 9.17) is 0 Å². The quantitative estimate of drug-likeness (QED) is 0.753. The van der Waals surface area contributed by atoms with Gasteiger partial charge in [0.05, 0.1) is 0 Å². The van der Waals surface area contributed by atoms with Crippen molar-refractivity contribution in [1.82, 2.24) is 10.6 Å². The molecule has 1 heterocycles. The summed E-state index contributed by atoms with van der Waals surface area (Å²) in [4.78, 5) is 23.8. The maximum absolute atomic E-state index is 12.2. The van der Waals surface area contributed by atoms with Crippen molar-refractivity contribution < 1.29 is 22.8 Å². The molecular formula is C16H21ClF3N3O2. The van der Waals surface area contributed by atoms with E-state index in [0.717, 1.165) is 19.4 Å². The Morgan fingerprint density at radius 2 is 1.88 bits per heavy atom. The van der Waals surface area contributed by atoms with Crippen LogP contribution in [0.15, 0.2) is 24.3 Å². The van der Waals surface area contributed by atoms with Gasteiger partial charge in [-0.3, -0.25) is 9.59 Å². The second kappa shape index (κ2) is 9.05. The van der Waals surface area contributed by atoms with Crippen LogP contribution in [0.5, 0.6) is 0 Å². The van der Waals surface area contributed by atoms with E-state index in [1.54, 1.807) is 5.32 Å². The molecule has 0 radical (unpaired) electrons. The van der Waals surface area contributed by atoms with Crippen LogP contribution >= 0.6 is 12.4 Å². The number of hydrogen-bond acceptors (Lipinski definition) is 3. The van der Waals surface area contributed by atoms with Gasteiger partial charge in [0.15, 0.2) is 0 Å². The molecule has 1 aliphatic heterocycles. The summed E-state index contributed by atoms with van der Waals surface area (Å²) in [6, 6.07) is 6.06. The van der Waals surface area contributed by atoms with Gasteiger partial charge in [0.2, 0.25) is 5.91 Å². The van der Waals surface area contributed by atoms with E-state index in [2.05, 4.69) is 10.6 Å². The topological polar surface area (TPSA) is 70.2 Å². The van der Waals surface area contributed by atoms with Gasteiger partial charge in [-0.25, -0.2) is 0 Å². The summed E-state index contributed by atoms with van der Waals surface area (Å²) in [6.45, 7) is 1.43. The highest BCUT2D eigenvalue weighted by molar-refractivity contribution is 5.96. The van der Waals surface area contributed by atoms with Crippen molar-refractivity contribution in [1.29, 1.82) is 0 Å². The number of halogens is 4. The van der Waals surface area contributed by atoms with E-state index in [9.17, 15) is 22.8 Å². The number of anilines is 1. The number of benzene rings is 1. The zero-order valence-electron chi connectivity index (χ0n) is 13.7. The van der Waals surface area contributed by atoms with Crippen molar-refractivity contribution in [3.63, 3.8) is 0 Å². The molecule has 2 atom stereocenters. The first-order chi connectivity index (χ1) is 11.2. The molecule has 2 amide bonds. The highest BCUT2D eigenvalue weighted by Gasteiger charge is 2.28. The number of hydrogen-bond donors (Lipinski definition) is 3. The van der Waals surface area contributed by atoms with E-state index >= 15 is 0 Å². The van der Waals surface area contributed by atoms with Gasteiger partial charge in [0.1, 0.15) is 6.54 Å². The van der Waals surface area contributed by atoms with Gasteiger partial charge in [-0.15, -0.1) is 12.4 Å². The fourth-order valence-electron chi connectivity index (χ4n) is 2.60. The Labute approximate surface area is 150 Å². The molecule has 0 aromatic heterocycles. The predicted molar refractivity (Wildman–Crippen MR) is 90.9 cm³/mol. The van der Waals surface area contributed by atoms with E-state index < -0.39 is 18.6 Å². The number of nitrogens with one attached hydrogen (secondary N) is 3. The summed E-state index contributed by atoms with van der Waals surface area (Å²) in [5, 5.41) is 7.84. The normalized spacial score (nSPS) is 20.3. The molecule has 140 valence electrons. The number of rotatable bonds is 4. The highest BCUT2D eigenvalue weighted by atomic mass is 35.5. The molecule has 5 nitrogen and oxygen atoms in total. The van der Waals surface area contributed by atoms with E-state index in [0.29, 0.717) is 5.69 Å². The van der Waals surface area contributed by atoms with Crippen LogP contribution in [0.2, 0.25) is 0 Å². The lowest BCUT2D eigenvalue weighted by Gasteiger charge is -2.27. The number of amides is 2. The number of carbonyl (C=O) groups is 2. The molecule has 3 N–H and O–H groups in total. The van der Waals surface area contributed by atoms with Crippen molar-refractivity contribution in [2.45, 2.75) is 32.0 Å². The first-order valence-electron chi connectivity index (χ1n) is 7.74. The number of alkyl halides is 3. The van der Waals surface area contributed by atoms with Gasteiger partial charge in [0.25, 0.3) is 5.91 Å². The standard InChI is InChI=1S/C16H20F3N3O2.ClH/c1-10-8-12(6-7-20-10)15(24)22-13-4-2-11(3-5-13)14(23)21-9-16(17,18)19;/h2-5,10,12,20H,6-9H2,1H3,(H,21,23)(H,22,24);1H/t10-,12-;/m0./s1. The van der Waals surface area contributed by atoms with Crippen LogP contribution < -0.4 is 16.0 Å². The van der Waals surface area contributed by atoms with Crippen LogP contribution in [-0.2, 0) is 4.79 Å². The lowest BCUT2D eigenvalue weighted by atomic mass is 9.92. The molecule has 0 saturated carbocycles. The van der Waals surface area contributed by atoms with Gasteiger partial charge in [-0.2, -0.15) is 13.2 Å². The fourth-order valence-corrected chi connectivity index (χ4v) is 2.60. The zero-order chi connectivity index (χ0) is 17.7. The fraction of sp³-hybridized carbons (Fsp3) is 0.500. The monoisotopic (exact) mass is 379 g/mol. The summed E-state index contributed by atoms with van der Waals surface area (Å²) < 4.78 is 36.2. The summed E-state index contributed by atoms with van der Waals surface area (Å²) in [5.74, 6) is -0.967. The maximum Gasteiger partial charge on any atom is 0.405 e. The molecule has 1 saturated heterocycles. The molecule has 9 heteroatoms. The molecule has 2 rings (SSSR count). The molecule has 0 bridgehead atoms. The summed E-state index contributed by atoms with van der Waals surface area (Å²) in [7, 11) is 0. The Morgan fingerprint density at radius 3 is 2.44 bits per heavy atom. The molecule has 1 aromatic rings. The lowest BCUT2D eigenvalue weighted by Crippen LogP contribution is -2.40. The third-order valence-corrected chi connectivity index (χ3v) is 3.86. The summed E-state index contributed by atoms with van der Waals surface area (Å²) >= 11 is 0. The molecule has 0 spiro atoms. The molecule has 1 aromatic carbocycles. The van der Waals surface area contributed by atoms with Crippen LogP contribution in [0, 0.1) is 5.92 Å². The maximum atomic E-state index is 12.2. The average Bonchev–Trinajstić information content (AvgIpc) is 2.52. The van der Waals surface area contributed by atoms with Crippen LogP contribution in [0.4, 0.5) is 18.9 Å². The predicted octanol–water partition coefficient (Wildman–Crippen LogP) is 2.73. The minimum Gasteiger partial charge on any atom is -0.343 e. The summed E-state index contributed by atoms with van der Waals surface area (Å²) in [6.07, 6.45) is -2.94. The third-order valence-electron chi connectivity index (χ3n) is 3.86. The van der Waals surface area contributed by atoms with Crippen LogP contribution in [0.1, 0.15) is 30.1 Å². The Morgan fingerprint density at radius 1 is 1.24 bits per heavy atom. The van der Waals surface area contributed by atoms with E-state index in [1.807, 2.05) is 6.92 Å². The lowest BCUT2D eigenvalue weighted by molar-refractivity contribution is -0.123. The Balaban J connectivity index is 0.00000312. The Kier molecular flexibility index (Phi) is 7.69. The van der Waals surface area contributed by atoms with Gasteiger partial charge < -0.3 is 16.0 Å². The summed E-state index contributed by atoms with van der Waals surface area (Å²) in [5.41, 5.74) is 0.617. The van der Waals surface area contributed by atoms with Crippen LogP contribution in [0.25, 0.3) is 0 Å². The Bertz CT molecular complexity index is 593. The smallest absolute Gasteiger partial charge is 0.343 e. The molecular weight excluding hydrogens is 359 g/mol. The van der Waals surface area contributed by atoms with Crippen molar-refractivity contribution in [2.75, 3.05) is 18.4 Å². The molecule has 1 fully saturated rings. The van der Waals surface area contributed by atoms with Crippen molar-refractivity contribution in [2.24, 2.45) is 5.92 Å². The van der Waals surface area contributed by atoms with Crippen molar-refractivity contribution in [3.05, 3.63) is 29.8 Å². The highest BCUT2D eigenvalue weighted by Crippen LogP contribution is 2.19. The van der Waals surface area contributed by atoms with E-state index in [-0.39, 0.29) is 35.8 Å². The second-order valence-corrected chi connectivity index (χ2v) is 5.94. The van der Waals surface area contributed by atoms with Crippen molar-refractivity contribution >= 4 is 29.9 Å². The van der Waals surface area contributed by atoms with Crippen molar-refractivity contribution in [3.8, 4) is 0 Å². The van der Waals surface area contributed by atoms with E-state index in [1.165, 1.54) is 24.3 Å². The number of carbonyl (C=O) groups excluding carboxylic acids is 2. The largest absolute Gasteiger partial charge is 0.405 e. The number of piperidine rings is 1. The van der Waals surface area contributed by atoms with Gasteiger partial charge in [-0.05, 0) is 50.6 Å². The van der Waals surface area contributed by atoms with Gasteiger partial charge in [-0.1, -0.05) is 0 Å². The molecule has 25 heavy (non-hydrogen) atoms. The zero-order valence-corrected chi connectivity index (χ0v) is 14.5. The Hall–Kier alpha value is -1.80. The van der Waals surface area contributed by atoms with Crippen LogP contribution in [-0.4, -0.2) is 37.1 Å². The minimum atomic E-state index is -4.45. The van der Waals surface area contributed by atoms with Gasteiger partial charge in [0, 0.05) is 23.2 Å². The first kappa shape index (κ1) is 21.2. The first-order valence-corrected chi connectivity index (χ1v) is 7.74.